The summed E-state index contributed by atoms with van der Waals surface area (Å²) in [6, 6.07) is 44.4. The molecule has 0 aliphatic rings. The van der Waals surface area contributed by atoms with Crippen LogP contribution in [0.4, 0.5) is 8.78 Å². The first-order chi connectivity index (χ1) is 33.0. The molecule has 67 heavy (non-hydrogen) atoms. The van der Waals surface area contributed by atoms with Crippen LogP contribution in [0.15, 0.2) is 136 Å². The van der Waals surface area contributed by atoms with Crippen molar-refractivity contribution in [3.63, 3.8) is 0 Å². The molecule has 0 amide bonds. The van der Waals surface area contributed by atoms with Gasteiger partial charge in [-0.15, -0.1) is 41.5 Å². The summed E-state index contributed by atoms with van der Waals surface area (Å²) in [6.45, 7) is 12.8. The Labute approximate surface area is 407 Å². The number of hydrogen-bond acceptors (Lipinski definition) is 5. The predicted molar refractivity (Wildman–Crippen MR) is 267 cm³/mol. The maximum atomic E-state index is 14.7. The molecule has 0 atom stereocenters. The van der Waals surface area contributed by atoms with Gasteiger partial charge in [0.25, 0.3) is 0 Å². The molecule has 10 heteroatoms. The van der Waals surface area contributed by atoms with Crippen molar-refractivity contribution < 1.29 is 41.8 Å². The van der Waals surface area contributed by atoms with Crippen LogP contribution in [0.3, 0.4) is 0 Å². The van der Waals surface area contributed by atoms with Gasteiger partial charge in [-0.1, -0.05) is 135 Å². The van der Waals surface area contributed by atoms with Crippen LogP contribution in [0.25, 0.3) is 83.4 Å². The van der Waals surface area contributed by atoms with E-state index in [1.807, 2.05) is 67.7 Å². The molecular formula is C57H48F2IrN4O2Si-2. The molecule has 337 valence electrons. The molecule has 5 aromatic heterocycles. The van der Waals surface area contributed by atoms with E-state index in [2.05, 4.69) is 110 Å². The summed E-state index contributed by atoms with van der Waals surface area (Å²) in [7, 11) is -1.98. The quantitative estimate of drug-likeness (QED) is 0.0903. The molecular weight excluding hydrogens is 1030 g/mol. The Bertz CT molecular complexity index is 3790. The zero-order valence-electron chi connectivity index (χ0n) is 41.1. The molecule has 0 aliphatic carbocycles. The minimum atomic E-state index is -2.36. The second-order valence-corrected chi connectivity index (χ2v) is 22.3. The van der Waals surface area contributed by atoms with Gasteiger partial charge in [-0.2, -0.15) is 9.37 Å². The van der Waals surface area contributed by atoms with Gasteiger partial charge in [-0.25, -0.2) is 0 Å². The number of furan rings is 2. The molecule has 1 radical (unpaired) electrons. The van der Waals surface area contributed by atoms with Crippen molar-refractivity contribution in [3.05, 3.63) is 179 Å². The number of para-hydroxylation sites is 3. The summed E-state index contributed by atoms with van der Waals surface area (Å²) in [4.78, 5) is 13.7. The van der Waals surface area contributed by atoms with Crippen molar-refractivity contribution in [3.8, 4) is 28.3 Å². The third kappa shape index (κ3) is 8.11. The molecule has 0 spiro atoms. The number of aromatic nitrogens is 4. The van der Waals surface area contributed by atoms with Crippen LogP contribution < -0.4 is 10.4 Å². The van der Waals surface area contributed by atoms with Crippen LogP contribution in [0, 0.1) is 57.4 Å². The van der Waals surface area contributed by atoms with E-state index in [9.17, 15) is 8.78 Å². The molecule has 5 heterocycles. The third-order valence-electron chi connectivity index (χ3n) is 12.6. The molecule has 0 saturated carbocycles. The number of halogens is 2. The Morgan fingerprint density at radius 2 is 1.51 bits per heavy atom. The number of aryl methyl sites for hydroxylation is 4. The van der Waals surface area contributed by atoms with Crippen LogP contribution in [0.1, 0.15) is 45.8 Å². The summed E-state index contributed by atoms with van der Waals surface area (Å²) in [6.07, 6.45) is 2.75. The Balaban J connectivity index is 0.000000178. The van der Waals surface area contributed by atoms with Gasteiger partial charge in [0.15, 0.2) is 0 Å². The topological polar surface area (TPSA) is 69.9 Å². The average Bonchev–Trinajstić information content (AvgIpc) is 4.01. The first-order valence-corrected chi connectivity index (χ1v) is 25.1. The van der Waals surface area contributed by atoms with E-state index in [0.717, 1.165) is 78.6 Å². The molecule has 6 nitrogen and oxygen atoms in total. The van der Waals surface area contributed by atoms with Gasteiger partial charge in [0.1, 0.15) is 19.2 Å². The van der Waals surface area contributed by atoms with Crippen LogP contribution >= 0.6 is 0 Å². The van der Waals surface area contributed by atoms with Gasteiger partial charge in [-0.05, 0) is 79.0 Å². The van der Waals surface area contributed by atoms with Gasteiger partial charge >= 0.3 is 0 Å². The summed E-state index contributed by atoms with van der Waals surface area (Å²) >= 11 is 0. The van der Waals surface area contributed by atoms with Crippen molar-refractivity contribution in [1.29, 1.82) is 0 Å². The molecule has 0 N–H and O–H groups in total. The van der Waals surface area contributed by atoms with Crippen molar-refractivity contribution in [1.82, 2.24) is 19.5 Å². The van der Waals surface area contributed by atoms with E-state index < -0.39 is 26.7 Å². The first-order valence-electron chi connectivity index (χ1n) is 23.6. The minimum absolute atomic E-state index is 0. The largest absolute Gasteiger partial charge is 0.486 e. The zero-order valence-corrected chi connectivity index (χ0v) is 41.5. The number of hydrogen-bond donors (Lipinski definition) is 0. The van der Waals surface area contributed by atoms with Crippen molar-refractivity contribution in [2.45, 2.75) is 61.0 Å². The van der Waals surface area contributed by atoms with Gasteiger partial charge in [0.2, 0.25) is 11.7 Å². The molecule has 0 saturated heterocycles. The fourth-order valence-corrected chi connectivity index (χ4v) is 12.1. The number of fused-ring (bicyclic) bond motifs is 7. The second kappa shape index (κ2) is 17.9. The standard InChI is InChI=1S/C33H21FN3O2.C24H27FNSi.Ir/c1-17-12-13-22(31-28(17)21-14-15-27(34)36-33(21)39-31)32-35-24-9-5-6-10-25(24)37(32)29-18(2)16-23-20-8-4-7-11-26(20)38-30(23)19(29)3;1-17(2)13-19-15-23(21-12-11-18(3)14-22(21)25)26-16-24(19)27(4,5)20-9-7-6-8-10-20;/h4-12,14-16H,1-3H3;6-11,14-17H,13H2,1-5H3;/q2*-1;/i;3D3;. The smallest absolute Gasteiger partial charge is 0.218 e. The Morgan fingerprint density at radius 3 is 2.28 bits per heavy atom. The number of rotatable bonds is 7. The summed E-state index contributed by atoms with van der Waals surface area (Å²) in [5.41, 5.74) is 10.9. The van der Waals surface area contributed by atoms with Crippen molar-refractivity contribution in [2.75, 3.05) is 0 Å². The first kappa shape index (κ1) is 41.8. The van der Waals surface area contributed by atoms with E-state index in [1.54, 1.807) is 6.07 Å². The maximum absolute atomic E-state index is 14.7. The molecule has 6 aromatic carbocycles. The summed E-state index contributed by atoms with van der Waals surface area (Å²) in [5.74, 6) is -0.0741. The molecule has 0 bridgehead atoms. The molecule has 11 rings (SSSR count). The number of imidazole rings is 1. The normalized spacial score (nSPS) is 12.7. The third-order valence-corrected chi connectivity index (χ3v) is 16.2. The number of nitrogens with zero attached hydrogens (tertiary/aromatic N) is 4. The zero-order chi connectivity index (χ0) is 48.5. The van der Waals surface area contributed by atoms with E-state index in [-0.39, 0.29) is 36.9 Å². The number of pyridine rings is 2. The van der Waals surface area contributed by atoms with Gasteiger partial charge in [-0.3, -0.25) is 9.37 Å². The maximum Gasteiger partial charge on any atom is 0.218 e. The monoisotopic (exact) mass is 1080 g/mol. The number of benzene rings is 6. The van der Waals surface area contributed by atoms with Crippen molar-refractivity contribution >= 4 is 73.5 Å². The molecule has 0 aliphatic heterocycles. The van der Waals surface area contributed by atoms with Crippen molar-refractivity contribution in [2.24, 2.45) is 5.92 Å². The fourth-order valence-electron chi connectivity index (χ4n) is 9.43. The van der Waals surface area contributed by atoms with E-state index in [1.165, 1.54) is 28.1 Å². The fraction of sp³-hybridized carbons (Fsp3) is 0.175. The van der Waals surface area contributed by atoms with Crippen LogP contribution in [-0.4, -0.2) is 27.6 Å². The predicted octanol–water partition coefficient (Wildman–Crippen LogP) is 13.8. The van der Waals surface area contributed by atoms with E-state index in [4.69, 9.17) is 17.9 Å². The molecule has 0 fully saturated rings. The molecule has 11 aromatic rings. The Morgan fingerprint density at radius 1 is 0.761 bits per heavy atom. The van der Waals surface area contributed by atoms with Gasteiger partial charge in [0.05, 0.1) is 22.4 Å². The average molecular weight is 1080 g/mol. The SMILES string of the molecule is Cc1cc2c(oc3ccccc32)c(C)c1-n1c(-c2[c-]cc(C)c3c2oc2nc(F)ccc23)nc2ccccc21.[2H]C([2H])([2H])c1c[c-]c(-c2cc(CC(C)C)c([Si](C)(C)c3ccccc3)cn2)c(F)c1.[Ir]. The van der Waals surface area contributed by atoms with Gasteiger partial charge in [0, 0.05) is 63.6 Å². The summed E-state index contributed by atoms with van der Waals surface area (Å²) < 4.78 is 65.9. The Hall–Kier alpha value is -6.58. The summed E-state index contributed by atoms with van der Waals surface area (Å²) in [5, 5.41) is 6.39. The van der Waals surface area contributed by atoms with Crippen LogP contribution in [0.5, 0.6) is 0 Å². The van der Waals surface area contributed by atoms with E-state index in [0.29, 0.717) is 28.6 Å². The minimum Gasteiger partial charge on any atom is -0.486 e. The van der Waals surface area contributed by atoms with Crippen LogP contribution in [-0.2, 0) is 26.5 Å². The second-order valence-electron chi connectivity index (χ2n) is 18.0. The van der Waals surface area contributed by atoms with Crippen LogP contribution in [0.2, 0.25) is 13.1 Å². The van der Waals surface area contributed by atoms with Gasteiger partial charge < -0.3 is 18.4 Å². The van der Waals surface area contributed by atoms with E-state index >= 15 is 0 Å². The molecule has 0 unspecified atom stereocenters. The Kier molecular flexibility index (Phi) is 11.2.